The zero-order chi connectivity index (χ0) is 10.6. The Kier molecular flexibility index (Phi) is 4.15. The molecular formula is C13H21N. The van der Waals surface area contributed by atoms with Crippen LogP contribution in [0.15, 0.2) is 24.3 Å². The van der Waals surface area contributed by atoms with Gasteiger partial charge in [-0.1, -0.05) is 38.1 Å². The minimum atomic E-state index is 0.207. The van der Waals surface area contributed by atoms with E-state index in [4.69, 9.17) is 5.73 Å². The molecule has 0 amide bonds. The molecule has 78 valence electrons. The average Bonchev–Trinajstić information content (AvgIpc) is 2.15. The van der Waals surface area contributed by atoms with E-state index in [2.05, 4.69) is 45.0 Å². The first-order chi connectivity index (χ1) is 6.61. The fourth-order valence-electron chi connectivity index (χ4n) is 1.67. The van der Waals surface area contributed by atoms with E-state index in [1.807, 2.05) is 0 Å². The summed E-state index contributed by atoms with van der Waals surface area (Å²) in [6.45, 7) is 6.61. The van der Waals surface area contributed by atoms with Crippen molar-refractivity contribution in [2.45, 2.75) is 39.7 Å². The predicted molar refractivity (Wildman–Crippen MR) is 62.2 cm³/mol. The molecule has 1 aromatic rings. The number of benzene rings is 1. The summed E-state index contributed by atoms with van der Waals surface area (Å²) in [5, 5.41) is 0. The first kappa shape index (κ1) is 11.3. The van der Waals surface area contributed by atoms with E-state index < -0.39 is 0 Å². The predicted octanol–water partition coefficient (Wildman–Crippen LogP) is 3.43. The molecule has 1 heteroatoms. The van der Waals surface area contributed by atoms with E-state index in [1.165, 1.54) is 17.5 Å². The largest absolute Gasteiger partial charge is 0.324 e. The Hall–Kier alpha value is -0.820. The summed E-state index contributed by atoms with van der Waals surface area (Å²) in [6.07, 6.45) is 2.29. The van der Waals surface area contributed by atoms with Crippen LogP contribution >= 0.6 is 0 Å². The highest BCUT2D eigenvalue weighted by Gasteiger charge is 2.08. The monoisotopic (exact) mass is 191 g/mol. The van der Waals surface area contributed by atoms with Crippen molar-refractivity contribution in [1.29, 1.82) is 0 Å². The minimum absolute atomic E-state index is 0.207. The zero-order valence-electron chi connectivity index (χ0n) is 9.46. The van der Waals surface area contributed by atoms with Gasteiger partial charge in [-0.15, -0.1) is 0 Å². The molecule has 0 saturated carbocycles. The van der Waals surface area contributed by atoms with Gasteiger partial charge < -0.3 is 5.73 Å². The molecule has 1 aromatic carbocycles. The van der Waals surface area contributed by atoms with Crippen LogP contribution in [-0.4, -0.2) is 0 Å². The quantitative estimate of drug-likeness (QED) is 0.775. The number of hydrogen-bond acceptors (Lipinski definition) is 1. The Morgan fingerprint density at radius 2 is 1.79 bits per heavy atom. The lowest BCUT2D eigenvalue weighted by Crippen LogP contribution is -2.12. The molecule has 0 aromatic heterocycles. The number of nitrogens with two attached hydrogens (primary N) is 1. The van der Waals surface area contributed by atoms with Crippen molar-refractivity contribution in [3.63, 3.8) is 0 Å². The van der Waals surface area contributed by atoms with E-state index in [9.17, 15) is 0 Å². The third-order valence-electron chi connectivity index (χ3n) is 2.64. The Morgan fingerprint density at radius 3 is 2.36 bits per heavy atom. The fraction of sp³-hybridized carbons (Fsp3) is 0.538. The molecule has 0 aliphatic rings. The molecule has 0 spiro atoms. The molecule has 0 fully saturated rings. The molecular weight excluding hydrogens is 170 g/mol. The molecule has 1 nitrogen and oxygen atoms in total. The first-order valence-electron chi connectivity index (χ1n) is 5.42. The van der Waals surface area contributed by atoms with E-state index in [0.717, 1.165) is 12.3 Å². The molecule has 0 saturated heterocycles. The number of aryl methyl sites for hydroxylation is 1. The van der Waals surface area contributed by atoms with Gasteiger partial charge in [0.1, 0.15) is 0 Å². The van der Waals surface area contributed by atoms with Gasteiger partial charge in [0.05, 0.1) is 0 Å². The standard InChI is InChI=1S/C13H21N/c1-10(2)8-9-13(14)12-7-5-4-6-11(12)3/h4-7,10,13H,8-9,14H2,1-3H3/t13-/m1/s1. The van der Waals surface area contributed by atoms with E-state index in [-0.39, 0.29) is 6.04 Å². The molecule has 0 unspecified atom stereocenters. The lowest BCUT2D eigenvalue weighted by atomic mass is 9.95. The van der Waals surface area contributed by atoms with Gasteiger partial charge >= 0.3 is 0 Å². The Morgan fingerprint density at radius 1 is 1.14 bits per heavy atom. The van der Waals surface area contributed by atoms with Gasteiger partial charge in [-0.2, -0.15) is 0 Å². The van der Waals surface area contributed by atoms with Gasteiger partial charge in [-0.3, -0.25) is 0 Å². The van der Waals surface area contributed by atoms with Crippen LogP contribution in [0.4, 0.5) is 0 Å². The second-order valence-corrected chi connectivity index (χ2v) is 4.43. The smallest absolute Gasteiger partial charge is 0.0297 e. The van der Waals surface area contributed by atoms with Crippen LogP contribution < -0.4 is 5.73 Å². The molecule has 2 N–H and O–H groups in total. The van der Waals surface area contributed by atoms with Crippen LogP contribution in [0.2, 0.25) is 0 Å². The SMILES string of the molecule is Cc1ccccc1[C@H](N)CCC(C)C. The average molecular weight is 191 g/mol. The van der Waals surface area contributed by atoms with Gasteiger partial charge in [0.15, 0.2) is 0 Å². The lowest BCUT2D eigenvalue weighted by molar-refractivity contribution is 0.506. The maximum absolute atomic E-state index is 6.14. The highest BCUT2D eigenvalue weighted by molar-refractivity contribution is 5.28. The minimum Gasteiger partial charge on any atom is -0.324 e. The number of hydrogen-bond donors (Lipinski definition) is 1. The van der Waals surface area contributed by atoms with Crippen LogP contribution in [0.5, 0.6) is 0 Å². The molecule has 1 atom stereocenters. The van der Waals surface area contributed by atoms with Gasteiger partial charge in [0, 0.05) is 6.04 Å². The van der Waals surface area contributed by atoms with Crippen LogP contribution in [0.25, 0.3) is 0 Å². The maximum Gasteiger partial charge on any atom is 0.0297 e. The van der Waals surface area contributed by atoms with E-state index in [1.54, 1.807) is 0 Å². The second kappa shape index (κ2) is 5.16. The van der Waals surface area contributed by atoms with Crippen molar-refractivity contribution in [2.75, 3.05) is 0 Å². The summed E-state index contributed by atoms with van der Waals surface area (Å²) in [5.41, 5.74) is 8.75. The van der Waals surface area contributed by atoms with E-state index >= 15 is 0 Å². The summed E-state index contributed by atoms with van der Waals surface area (Å²) in [6, 6.07) is 8.61. The molecule has 0 radical (unpaired) electrons. The summed E-state index contributed by atoms with van der Waals surface area (Å²) >= 11 is 0. The zero-order valence-corrected chi connectivity index (χ0v) is 9.46. The summed E-state index contributed by atoms with van der Waals surface area (Å²) in [5.74, 6) is 0.741. The summed E-state index contributed by atoms with van der Waals surface area (Å²) in [4.78, 5) is 0. The van der Waals surface area contributed by atoms with Crippen molar-refractivity contribution in [2.24, 2.45) is 11.7 Å². The first-order valence-corrected chi connectivity index (χ1v) is 5.42. The van der Waals surface area contributed by atoms with Crippen molar-refractivity contribution in [3.8, 4) is 0 Å². The van der Waals surface area contributed by atoms with Crippen LogP contribution in [0, 0.1) is 12.8 Å². The van der Waals surface area contributed by atoms with Crippen molar-refractivity contribution < 1.29 is 0 Å². The van der Waals surface area contributed by atoms with Gasteiger partial charge in [0.25, 0.3) is 0 Å². The maximum atomic E-state index is 6.14. The molecule has 0 heterocycles. The van der Waals surface area contributed by atoms with Gasteiger partial charge in [-0.05, 0) is 36.8 Å². The normalized spacial score (nSPS) is 13.2. The third-order valence-corrected chi connectivity index (χ3v) is 2.64. The molecule has 1 rings (SSSR count). The highest BCUT2D eigenvalue weighted by atomic mass is 14.6. The van der Waals surface area contributed by atoms with Crippen molar-refractivity contribution in [3.05, 3.63) is 35.4 Å². The van der Waals surface area contributed by atoms with Crippen LogP contribution in [0.3, 0.4) is 0 Å². The Labute approximate surface area is 87.3 Å². The molecule has 0 aliphatic carbocycles. The Balaban J connectivity index is 2.60. The number of rotatable bonds is 4. The second-order valence-electron chi connectivity index (χ2n) is 4.43. The van der Waals surface area contributed by atoms with Crippen molar-refractivity contribution >= 4 is 0 Å². The van der Waals surface area contributed by atoms with Crippen molar-refractivity contribution in [1.82, 2.24) is 0 Å². The van der Waals surface area contributed by atoms with Gasteiger partial charge in [0.2, 0.25) is 0 Å². The topological polar surface area (TPSA) is 26.0 Å². The lowest BCUT2D eigenvalue weighted by Gasteiger charge is -2.15. The summed E-state index contributed by atoms with van der Waals surface area (Å²) in [7, 11) is 0. The van der Waals surface area contributed by atoms with Gasteiger partial charge in [-0.25, -0.2) is 0 Å². The molecule has 14 heavy (non-hydrogen) atoms. The summed E-state index contributed by atoms with van der Waals surface area (Å²) < 4.78 is 0. The molecule has 0 aliphatic heterocycles. The molecule has 0 bridgehead atoms. The van der Waals surface area contributed by atoms with E-state index in [0.29, 0.717) is 0 Å². The van der Waals surface area contributed by atoms with Crippen LogP contribution in [0.1, 0.15) is 43.9 Å². The fourth-order valence-corrected chi connectivity index (χ4v) is 1.67. The highest BCUT2D eigenvalue weighted by Crippen LogP contribution is 2.21. The van der Waals surface area contributed by atoms with Crippen LogP contribution in [-0.2, 0) is 0 Å². The third kappa shape index (κ3) is 3.15. The Bertz CT molecular complexity index is 278.